The van der Waals surface area contributed by atoms with Gasteiger partial charge in [0.2, 0.25) is 0 Å². The molecule has 3 heteroatoms. The van der Waals surface area contributed by atoms with E-state index >= 15 is 0 Å². The second-order valence-corrected chi connectivity index (χ2v) is 5.62. The van der Waals surface area contributed by atoms with Crippen LogP contribution >= 0.6 is 0 Å². The van der Waals surface area contributed by atoms with Crippen LogP contribution in [0, 0.1) is 6.92 Å². The molecule has 3 N–H and O–H groups in total. The molecule has 0 aliphatic rings. The number of nitrogens with one attached hydrogen (secondary N) is 1. The second-order valence-electron chi connectivity index (χ2n) is 5.62. The Labute approximate surface area is 132 Å². The Bertz CT molecular complexity index is 588. The molecule has 1 amide bonds. The quantitative estimate of drug-likeness (QED) is 0.761. The maximum atomic E-state index is 12.2. The number of carbonyl (C=O) groups excluding carboxylic acids is 1. The number of hydrogen-bond donors (Lipinski definition) is 2. The molecule has 0 spiro atoms. The maximum Gasteiger partial charge on any atom is 0.255 e. The van der Waals surface area contributed by atoms with Crippen molar-refractivity contribution in [2.75, 3.05) is 11.9 Å². The Morgan fingerprint density at radius 1 is 0.955 bits per heavy atom. The third kappa shape index (κ3) is 5.01. The van der Waals surface area contributed by atoms with Gasteiger partial charge in [-0.05, 0) is 62.6 Å². The van der Waals surface area contributed by atoms with Crippen LogP contribution in [-0.4, -0.2) is 12.5 Å². The third-order valence-corrected chi connectivity index (χ3v) is 3.70. The molecule has 0 bridgehead atoms. The molecule has 2 aromatic carbocycles. The third-order valence-electron chi connectivity index (χ3n) is 3.70. The van der Waals surface area contributed by atoms with Crippen molar-refractivity contribution >= 4 is 11.6 Å². The minimum Gasteiger partial charge on any atom is -0.330 e. The van der Waals surface area contributed by atoms with Crippen molar-refractivity contribution < 1.29 is 4.79 Å². The van der Waals surface area contributed by atoms with E-state index in [1.165, 1.54) is 11.1 Å². The molecule has 2 aromatic rings. The maximum absolute atomic E-state index is 12.2. The summed E-state index contributed by atoms with van der Waals surface area (Å²) in [5.41, 5.74) is 9.44. The molecule has 3 nitrogen and oxygen atoms in total. The topological polar surface area (TPSA) is 55.1 Å². The highest BCUT2D eigenvalue weighted by Crippen LogP contribution is 2.13. The van der Waals surface area contributed by atoms with E-state index in [1.54, 1.807) is 0 Å². The van der Waals surface area contributed by atoms with E-state index in [9.17, 15) is 4.79 Å². The molecule has 0 aromatic heterocycles. The lowest BCUT2D eigenvalue weighted by Gasteiger charge is -2.07. The fourth-order valence-electron chi connectivity index (χ4n) is 2.31. The van der Waals surface area contributed by atoms with Crippen molar-refractivity contribution in [1.29, 1.82) is 0 Å². The molecule has 0 radical (unpaired) electrons. The first-order valence-corrected chi connectivity index (χ1v) is 7.86. The molecule has 0 heterocycles. The SMILES string of the molecule is Cc1ccc(NC(=O)c2ccc(CCCCCN)cc2)cc1. The largest absolute Gasteiger partial charge is 0.330 e. The van der Waals surface area contributed by atoms with E-state index in [2.05, 4.69) is 5.32 Å². The number of anilines is 1. The Kier molecular flexibility index (Phi) is 6.16. The van der Waals surface area contributed by atoms with Crippen molar-refractivity contribution in [3.05, 3.63) is 65.2 Å². The second kappa shape index (κ2) is 8.35. The average molecular weight is 296 g/mol. The number of rotatable bonds is 7. The number of nitrogens with two attached hydrogens (primary N) is 1. The van der Waals surface area contributed by atoms with Gasteiger partial charge >= 0.3 is 0 Å². The average Bonchev–Trinajstić information content (AvgIpc) is 2.54. The highest BCUT2D eigenvalue weighted by molar-refractivity contribution is 6.04. The van der Waals surface area contributed by atoms with Gasteiger partial charge in [0.1, 0.15) is 0 Å². The summed E-state index contributed by atoms with van der Waals surface area (Å²) in [6.45, 7) is 2.79. The molecule has 0 saturated heterocycles. The van der Waals surface area contributed by atoms with Gasteiger partial charge in [-0.3, -0.25) is 4.79 Å². The van der Waals surface area contributed by atoms with Crippen molar-refractivity contribution in [3.63, 3.8) is 0 Å². The summed E-state index contributed by atoms with van der Waals surface area (Å²) in [6.07, 6.45) is 4.43. The number of hydrogen-bond acceptors (Lipinski definition) is 2. The van der Waals surface area contributed by atoms with Gasteiger partial charge < -0.3 is 11.1 Å². The predicted molar refractivity (Wildman–Crippen MR) is 92.2 cm³/mol. The fraction of sp³-hybridized carbons (Fsp3) is 0.316. The summed E-state index contributed by atoms with van der Waals surface area (Å²) in [5, 5.41) is 2.91. The molecule has 0 aliphatic carbocycles. The van der Waals surface area contributed by atoms with Crippen molar-refractivity contribution in [2.45, 2.75) is 32.6 Å². The standard InChI is InChI=1S/C19H24N2O/c1-15-6-12-18(13-7-15)21-19(22)17-10-8-16(9-11-17)5-3-2-4-14-20/h6-13H,2-5,14,20H2,1H3,(H,21,22). The first-order chi connectivity index (χ1) is 10.7. The van der Waals surface area contributed by atoms with Crippen LogP contribution in [0.15, 0.2) is 48.5 Å². The van der Waals surface area contributed by atoms with Gasteiger partial charge in [0.05, 0.1) is 0 Å². The van der Waals surface area contributed by atoms with Crippen LogP contribution in [0.3, 0.4) is 0 Å². The number of unbranched alkanes of at least 4 members (excludes halogenated alkanes) is 2. The van der Waals surface area contributed by atoms with E-state index in [0.29, 0.717) is 5.56 Å². The van der Waals surface area contributed by atoms with Gasteiger partial charge in [0, 0.05) is 11.3 Å². The lowest BCUT2D eigenvalue weighted by atomic mass is 10.0. The normalized spacial score (nSPS) is 10.5. The van der Waals surface area contributed by atoms with Gasteiger partial charge in [-0.1, -0.05) is 36.2 Å². The highest BCUT2D eigenvalue weighted by Gasteiger charge is 2.05. The van der Waals surface area contributed by atoms with E-state index in [1.807, 2.05) is 55.5 Å². The molecule has 22 heavy (non-hydrogen) atoms. The summed E-state index contributed by atoms with van der Waals surface area (Å²) in [7, 11) is 0. The monoisotopic (exact) mass is 296 g/mol. The Morgan fingerprint density at radius 3 is 2.27 bits per heavy atom. The molecular weight excluding hydrogens is 272 g/mol. The summed E-state index contributed by atoms with van der Waals surface area (Å²) in [6, 6.07) is 15.7. The summed E-state index contributed by atoms with van der Waals surface area (Å²) in [4.78, 5) is 12.2. The van der Waals surface area contributed by atoms with Gasteiger partial charge in [-0.15, -0.1) is 0 Å². The van der Waals surface area contributed by atoms with Crippen LogP contribution < -0.4 is 11.1 Å². The van der Waals surface area contributed by atoms with Crippen LogP contribution in [0.5, 0.6) is 0 Å². The minimum absolute atomic E-state index is 0.0708. The smallest absolute Gasteiger partial charge is 0.255 e. The van der Waals surface area contributed by atoms with Crippen LogP contribution in [0.2, 0.25) is 0 Å². The van der Waals surface area contributed by atoms with E-state index in [0.717, 1.165) is 37.9 Å². The van der Waals surface area contributed by atoms with Gasteiger partial charge in [0.25, 0.3) is 5.91 Å². The first-order valence-electron chi connectivity index (χ1n) is 7.86. The minimum atomic E-state index is -0.0708. The van der Waals surface area contributed by atoms with E-state index in [-0.39, 0.29) is 5.91 Å². The zero-order valence-corrected chi connectivity index (χ0v) is 13.1. The lowest BCUT2D eigenvalue weighted by molar-refractivity contribution is 0.102. The number of aryl methyl sites for hydroxylation is 2. The number of carbonyl (C=O) groups is 1. The van der Waals surface area contributed by atoms with Crippen molar-refractivity contribution in [2.24, 2.45) is 5.73 Å². The molecule has 0 saturated carbocycles. The Balaban J connectivity index is 1.89. The molecule has 2 rings (SSSR count). The Morgan fingerprint density at radius 2 is 1.64 bits per heavy atom. The predicted octanol–water partition coefficient (Wildman–Crippen LogP) is 3.92. The van der Waals surface area contributed by atoms with Crippen LogP contribution in [0.4, 0.5) is 5.69 Å². The van der Waals surface area contributed by atoms with Crippen LogP contribution in [-0.2, 0) is 6.42 Å². The fourth-order valence-corrected chi connectivity index (χ4v) is 2.31. The summed E-state index contributed by atoms with van der Waals surface area (Å²) < 4.78 is 0. The molecule has 0 atom stereocenters. The van der Waals surface area contributed by atoms with Crippen LogP contribution in [0.25, 0.3) is 0 Å². The van der Waals surface area contributed by atoms with Crippen molar-refractivity contribution in [1.82, 2.24) is 0 Å². The molecule has 0 aliphatic heterocycles. The summed E-state index contributed by atoms with van der Waals surface area (Å²) >= 11 is 0. The number of amides is 1. The van der Waals surface area contributed by atoms with Crippen molar-refractivity contribution in [3.8, 4) is 0 Å². The zero-order valence-electron chi connectivity index (χ0n) is 13.1. The first kappa shape index (κ1) is 16.2. The molecule has 116 valence electrons. The van der Waals surface area contributed by atoms with Gasteiger partial charge in [0.15, 0.2) is 0 Å². The highest BCUT2D eigenvalue weighted by atomic mass is 16.1. The summed E-state index contributed by atoms with van der Waals surface area (Å²) in [5.74, 6) is -0.0708. The van der Waals surface area contributed by atoms with E-state index in [4.69, 9.17) is 5.73 Å². The van der Waals surface area contributed by atoms with Crippen LogP contribution in [0.1, 0.15) is 40.7 Å². The molecular formula is C19H24N2O. The lowest BCUT2D eigenvalue weighted by Crippen LogP contribution is -2.11. The number of benzene rings is 2. The van der Waals surface area contributed by atoms with Gasteiger partial charge in [-0.25, -0.2) is 0 Å². The van der Waals surface area contributed by atoms with E-state index < -0.39 is 0 Å². The van der Waals surface area contributed by atoms with Gasteiger partial charge in [-0.2, -0.15) is 0 Å². The Hall–Kier alpha value is -2.13. The zero-order chi connectivity index (χ0) is 15.8. The molecule has 0 fully saturated rings. The molecule has 0 unspecified atom stereocenters.